The molecule has 1 aromatic heterocycles. The number of aliphatic hydroxyl groups is 1. The molecule has 8 heteroatoms. The Balaban J connectivity index is 1.48. The molecule has 0 aliphatic carbocycles. The second-order valence-corrected chi connectivity index (χ2v) is 7.26. The van der Waals surface area contributed by atoms with Gasteiger partial charge in [-0.2, -0.15) is 0 Å². The van der Waals surface area contributed by atoms with Gasteiger partial charge in [-0.15, -0.1) is 5.10 Å². The summed E-state index contributed by atoms with van der Waals surface area (Å²) in [6, 6.07) is 9.50. The molecule has 142 valence electrons. The first-order valence-corrected chi connectivity index (χ1v) is 9.30. The van der Waals surface area contributed by atoms with Crippen molar-refractivity contribution in [2.75, 3.05) is 32.8 Å². The monoisotopic (exact) mass is 369 g/mol. The van der Waals surface area contributed by atoms with Crippen LogP contribution < -0.4 is 0 Å². The number of hydrogen-bond donors (Lipinski definition) is 1. The summed E-state index contributed by atoms with van der Waals surface area (Å²) in [7, 11) is 0. The fourth-order valence-electron chi connectivity index (χ4n) is 4.14. The van der Waals surface area contributed by atoms with Gasteiger partial charge in [0.25, 0.3) is 5.91 Å². The Labute approximate surface area is 157 Å². The second kappa shape index (κ2) is 7.11. The number of carbonyl (C=O) groups excluding carboxylic acids is 2. The molecule has 2 aliphatic rings. The van der Waals surface area contributed by atoms with Gasteiger partial charge in [0.2, 0.25) is 5.91 Å². The summed E-state index contributed by atoms with van der Waals surface area (Å²) in [6.45, 7) is 1.95. The molecule has 1 atom stereocenters. The van der Waals surface area contributed by atoms with Crippen molar-refractivity contribution in [3.8, 4) is 5.69 Å². The van der Waals surface area contributed by atoms with Gasteiger partial charge >= 0.3 is 0 Å². The lowest BCUT2D eigenvalue weighted by Crippen LogP contribution is -2.51. The summed E-state index contributed by atoms with van der Waals surface area (Å²) in [5.74, 6) is -0.132. The van der Waals surface area contributed by atoms with Crippen LogP contribution in [0.5, 0.6) is 0 Å². The fourth-order valence-corrected chi connectivity index (χ4v) is 4.14. The fraction of sp³-hybridized carbons (Fsp3) is 0.474. The molecular weight excluding hydrogens is 346 g/mol. The molecule has 1 spiro atoms. The van der Waals surface area contributed by atoms with Crippen molar-refractivity contribution >= 4 is 11.8 Å². The van der Waals surface area contributed by atoms with E-state index in [4.69, 9.17) is 0 Å². The number of para-hydroxylation sites is 1. The number of aliphatic hydroxyl groups excluding tert-OH is 1. The van der Waals surface area contributed by atoms with Crippen LogP contribution in [-0.2, 0) is 4.79 Å². The topological polar surface area (TPSA) is 91.6 Å². The van der Waals surface area contributed by atoms with Crippen LogP contribution in [-0.4, -0.2) is 74.5 Å². The van der Waals surface area contributed by atoms with Gasteiger partial charge < -0.3 is 14.9 Å². The third kappa shape index (κ3) is 3.21. The van der Waals surface area contributed by atoms with Crippen LogP contribution in [0.15, 0.2) is 36.5 Å². The number of rotatable bonds is 4. The molecule has 8 nitrogen and oxygen atoms in total. The summed E-state index contributed by atoms with van der Waals surface area (Å²) in [6.07, 6.45) is 3.97. The number of likely N-dealkylation sites (tertiary alicyclic amines) is 2. The number of aromatic nitrogens is 3. The summed E-state index contributed by atoms with van der Waals surface area (Å²) < 4.78 is 1.58. The summed E-state index contributed by atoms with van der Waals surface area (Å²) in [5, 5.41) is 17.3. The van der Waals surface area contributed by atoms with Gasteiger partial charge in [-0.1, -0.05) is 23.4 Å². The van der Waals surface area contributed by atoms with Gasteiger partial charge in [-0.05, 0) is 31.4 Å². The van der Waals surface area contributed by atoms with Crippen molar-refractivity contribution in [2.45, 2.75) is 19.3 Å². The van der Waals surface area contributed by atoms with Crippen molar-refractivity contribution in [1.29, 1.82) is 0 Å². The van der Waals surface area contributed by atoms with Crippen molar-refractivity contribution in [1.82, 2.24) is 24.8 Å². The van der Waals surface area contributed by atoms with E-state index >= 15 is 0 Å². The maximum absolute atomic E-state index is 12.9. The van der Waals surface area contributed by atoms with Gasteiger partial charge in [0.1, 0.15) is 0 Å². The maximum atomic E-state index is 12.9. The number of amides is 2. The lowest BCUT2D eigenvalue weighted by atomic mass is 9.78. The van der Waals surface area contributed by atoms with Crippen LogP contribution in [0.4, 0.5) is 0 Å². The van der Waals surface area contributed by atoms with Gasteiger partial charge in [0, 0.05) is 26.2 Å². The van der Waals surface area contributed by atoms with Crippen LogP contribution >= 0.6 is 0 Å². The molecule has 3 heterocycles. The predicted octanol–water partition coefficient (Wildman–Crippen LogP) is 0.714. The zero-order valence-corrected chi connectivity index (χ0v) is 15.1. The lowest BCUT2D eigenvalue weighted by molar-refractivity contribution is -0.146. The Bertz CT molecular complexity index is 835. The zero-order chi connectivity index (χ0) is 18.9. The molecule has 0 saturated carbocycles. The normalized spacial score (nSPS) is 22.6. The van der Waals surface area contributed by atoms with E-state index in [1.165, 1.54) is 0 Å². The molecule has 2 amide bonds. The van der Waals surface area contributed by atoms with Gasteiger partial charge in [-0.3, -0.25) is 9.59 Å². The minimum Gasteiger partial charge on any atom is -0.395 e. The molecule has 0 radical (unpaired) electrons. The molecule has 4 rings (SSSR count). The Kier molecular flexibility index (Phi) is 4.65. The molecule has 0 unspecified atom stereocenters. The smallest absolute Gasteiger partial charge is 0.276 e. The van der Waals surface area contributed by atoms with Crippen molar-refractivity contribution in [3.63, 3.8) is 0 Å². The third-order valence-corrected chi connectivity index (χ3v) is 5.57. The zero-order valence-electron chi connectivity index (χ0n) is 15.1. The molecule has 27 heavy (non-hydrogen) atoms. The minimum absolute atomic E-state index is 0.0347. The van der Waals surface area contributed by atoms with E-state index in [9.17, 15) is 14.7 Å². The SMILES string of the molecule is O=C(c1cn(-c2ccccc2)nn1)N1CC[C@@]2(CCCN(CCO)C2=O)C1. The first-order chi connectivity index (χ1) is 13.1. The lowest BCUT2D eigenvalue weighted by Gasteiger charge is -2.39. The molecule has 1 N–H and O–H groups in total. The second-order valence-electron chi connectivity index (χ2n) is 7.26. The molecule has 2 fully saturated rings. The van der Waals surface area contributed by atoms with E-state index in [0.717, 1.165) is 18.5 Å². The van der Waals surface area contributed by atoms with E-state index in [1.807, 2.05) is 30.3 Å². The predicted molar refractivity (Wildman–Crippen MR) is 97.2 cm³/mol. The van der Waals surface area contributed by atoms with Crippen molar-refractivity contribution in [2.24, 2.45) is 5.41 Å². The molecule has 0 bridgehead atoms. The van der Waals surface area contributed by atoms with E-state index in [2.05, 4.69) is 10.3 Å². The highest BCUT2D eigenvalue weighted by Crippen LogP contribution is 2.40. The van der Waals surface area contributed by atoms with Crippen molar-refractivity contribution < 1.29 is 14.7 Å². The van der Waals surface area contributed by atoms with Gasteiger partial charge in [0.05, 0.1) is 23.9 Å². The van der Waals surface area contributed by atoms with Crippen LogP contribution in [0.1, 0.15) is 29.8 Å². The average molecular weight is 369 g/mol. The van der Waals surface area contributed by atoms with E-state index in [0.29, 0.717) is 32.6 Å². The van der Waals surface area contributed by atoms with Crippen LogP contribution in [0, 0.1) is 5.41 Å². The van der Waals surface area contributed by atoms with Crippen molar-refractivity contribution in [3.05, 3.63) is 42.2 Å². The van der Waals surface area contributed by atoms with E-state index < -0.39 is 5.41 Å². The Hall–Kier alpha value is -2.74. The third-order valence-electron chi connectivity index (χ3n) is 5.57. The Morgan fingerprint density at radius 1 is 1.19 bits per heavy atom. The molecule has 1 aromatic carbocycles. The number of benzene rings is 1. The number of piperidine rings is 1. The number of nitrogens with zero attached hydrogens (tertiary/aromatic N) is 5. The van der Waals surface area contributed by atoms with Crippen LogP contribution in [0.25, 0.3) is 5.69 Å². The summed E-state index contributed by atoms with van der Waals surface area (Å²) in [5.41, 5.74) is 0.605. The van der Waals surface area contributed by atoms with Gasteiger partial charge in [0.15, 0.2) is 5.69 Å². The Morgan fingerprint density at radius 2 is 2.00 bits per heavy atom. The summed E-state index contributed by atoms with van der Waals surface area (Å²) in [4.78, 5) is 29.2. The van der Waals surface area contributed by atoms with E-state index in [-0.39, 0.29) is 24.1 Å². The molecule has 2 aliphatic heterocycles. The highest BCUT2D eigenvalue weighted by Gasteiger charge is 2.49. The number of β-amino-alcohol motifs (C(OH)–C–C–N with tert-alkyl or cyclic N) is 1. The highest BCUT2D eigenvalue weighted by molar-refractivity contribution is 5.93. The standard InChI is InChI=1S/C19H23N5O3/c25-12-11-22-9-4-7-19(18(22)27)8-10-23(14-19)17(26)16-13-24(21-20-16)15-5-2-1-3-6-15/h1-3,5-6,13,25H,4,7-12,14H2/t19-/m0/s1. The van der Waals surface area contributed by atoms with Crippen LogP contribution in [0.2, 0.25) is 0 Å². The average Bonchev–Trinajstić information content (AvgIpc) is 3.35. The first kappa shape index (κ1) is 17.7. The number of carbonyl (C=O) groups is 2. The first-order valence-electron chi connectivity index (χ1n) is 9.30. The largest absolute Gasteiger partial charge is 0.395 e. The van der Waals surface area contributed by atoms with Crippen LogP contribution in [0.3, 0.4) is 0 Å². The highest BCUT2D eigenvalue weighted by atomic mass is 16.3. The molecule has 2 aromatic rings. The van der Waals surface area contributed by atoms with Gasteiger partial charge in [-0.25, -0.2) is 4.68 Å². The minimum atomic E-state index is -0.515. The van der Waals surface area contributed by atoms with E-state index in [1.54, 1.807) is 20.7 Å². The molecular formula is C19H23N5O3. The number of hydrogen-bond acceptors (Lipinski definition) is 5. The Morgan fingerprint density at radius 3 is 2.78 bits per heavy atom. The maximum Gasteiger partial charge on any atom is 0.276 e. The summed E-state index contributed by atoms with van der Waals surface area (Å²) >= 11 is 0. The quantitative estimate of drug-likeness (QED) is 0.857. The molecule has 2 saturated heterocycles.